The third-order valence-electron chi connectivity index (χ3n) is 4.38. The van der Waals surface area contributed by atoms with E-state index in [1.807, 2.05) is 5.43 Å². The molecule has 2 aromatic rings. The van der Waals surface area contributed by atoms with E-state index in [-0.39, 0.29) is 12.3 Å². The van der Waals surface area contributed by atoms with Crippen LogP contribution in [0.15, 0.2) is 30.5 Å². The lowest BCUT2D eigenvalue weighted by Gasteiger charge is -2.32. The summed E-state index contributed by atoms with van der Waals surface area (Å²) in [5.74, 6) is -12.0. The molecule has 152 valence electrons. The van der Waals surface area contributed by atoms with Gasteiger partial charge in [0.15, 0.2) is 23.3 Å². The van der Waals surface area contributed by atoms with Crippen molar-refractivity contribution in [2.24, 2.45) is 0 Å². The van der Waals surface area contributed by atoms with E-state index in [1.54, 1.807) is 35.8 Å². The molecule has 0 fully saturated rings. The maximum atomic E-state index is 13.7. The van der Waals surface area contributed by atoms with E-state index in [9.17, 15) is 31.5 Å². The number of anilines is 1. The highest BCUT2D eigenvalue weighted by molar-refractivity contribution is 5.82. The number of fused-ring (bicyclic) bond motifs is 1. The van der Waals surface area contributed by atoms with Crippen LogP contribution in [0.25, 0.3) is 6.08 Å². The molecule has 0 bridgehead atoms. The van der Waals surface area contributed by atoms with Crippen molar-refractivity contribution in [2.45, 2.75) is 19.4 Å². The molecule has 10 heteroatoms. The molecule has 0 spiro atoms. The summed E-state index contributed by atoms with van der Waals surface area (Å²) in [7, 11) is 0. The molecule has 5 nitrogen and oxygen atoms in total. The van der Waals surface area contributed by atoms with Crippen LogP contribution in [0.3, 0.4) is 0 Å². The zero-order chi connectivity index (χ0) is 21.3. The molecular formula is C19H14F5N3O2. The molecule has 3 rings (SSSR count). The molecule has 0 saturated heterocycles. The number of amides is 2. The third kappa shape index (κ3) is 3.78. The van der Waals surface area contributed by atoms with Crippen LogP contribution in [0.5, 0.6) is 0 Å². The number of hydrogen-bond donors (Lipinski definition) is 2. The van der Waals surface area contributed by atoms with Crippen LogP contribution in [-0.4, -0.2) is 16.7 Å². The van der Waals surface area contributed by atoms with Gasteiger partial charge in [0.1, 0.15) is 5.69 Å². The summed E-state index contributed by atoms with van der Waals surface area (Å²) >= 11 is 0. The highest BCUT2D eigenvalue weighted by Gasteiger charge is 2.29. The number of halogens is 5. The Morgan fingerprint density at radius 1 is 0.966 bits per heavy atom. The van der Waals surface area contributed by atoms with Gasteiger partial charge in [-0.2, -0.15) is 0 Å². The van der Waals surface area contributed by atoms with Gasteiger partial charge in [-0.25, -0.2) is 22.0 Å². The zero-order valence-electron chi connectivity index (χ0n) is 14.9. The lowest BCUT2D eigenvalue weighted by molar-refractivity contribution is -0.129. The van der Waals surface area contributed by atoms with Crippen molar-refractivity contribution in [1.29, 1.82) is 0 Å². The lowest BCUT2D eigenvalue weighted by Crippen LogP contribution is -2.37. The molecule has 0 aromatic heterocycles. The predicted octanol–water partition coefficient (Wildman–Crippen LogP) is 3.79. The molecule has 1 heterocycles. The van der Waals surface area contributed by atoms with Gasteiger partial charge in [-0.1, -0.05) is 24.3 Å². The van der Waals surface area contributed by atoms with Crippen LogP contribution in [0.4, 0.5) is 27.6 Å². The molecule has 0 radical (unpaired) electrons. The summed E-state index contributed by atoms with van der Waals surface area (Å²) < 4.78 is 66.9. The van der Waals surface area contributed by atoms with Crippen LogP contribution in [0.2, 0.25) is 0 Å². The smallest absolute Gasteiger partial charge is 0.240 e. The van der Waals surface area contributed by atoms with Gasteiger partial charge >= 0.3 is 0 Å². The Bertz CT molecular complexity index is 996. The minimum atomic E-state index is -2.31. The third-order valence-corrected chi connectivity index (χ3v) is 4.38. The number of carbonyl (C=O) groups excluding carboxylic acids is 2. The topological polar surface area (TPSA) is 61.4 Å². The SMILES string of the molecule is CC(=O)N1C=Cc2ccccc2[C@@H]1CC(=O)NNc1c(F)c(F)c(F)c(F)c1F. The van der Waals surface area contributed by atoms with Crippen molar-refractivity contribution in [3.8, 4) is 0 Å². The Balaban J connectivity index is 1.79. The summed E-state index contributed by atoms with van der Waals surface area (Å²) in [5, 5.41) is 0. The van der Waals surface area contributed by atoms with Gasteiger partial charge in [0, 0.05) is 13.1 Å². The van der Waals surface area contributed by atoms with E-state index < -0.39 is 46.7 Å². The summed E-state index contributed by atoms with van der Waals surface area (Å²) in [5.41, 5.74) is 3.69. The minimum Gasteiger partial charge on any atom is -0.311 e. The van der Waals surface area contributed by atoms with Gasteiger partial charge in [0.05, 0.1) is 12.5 Å². The molecule has 1 aliphatic heterocycles. The van der Waals surface area contributed by atoms with Crippen LogP contribution in [0, 0.1) is 29.1 Å². The standard InChI is InChI=1S/C19H14F5N3O2/c1-9(28)27-7-6-10-4-2-3-5-11(10)12(27)8-13(29)25-26-19-17(23)15(21)14(20)16(22)18(19)24/h2-7,12,26H,8H2,1H3,(H,25,29)/t12-/m0/s1. The van der Waals surface area contributed by atoms with E-state index in [0.29, 0.717) is 5.56 Å². The molecule has 2 amide bonds. The first kappa shape index (κ1) is 20.3. The number of nitrogens with one attached hydrogen (secondary N) is 2. The van der Waals surface area contributed by atoms with Crippen molar-refractivity contribution >= 4 is 23.6 Å². The zero-order valence-corrected chi connectivity index (χ0v) is 14.9. The number of benzene rings is 2. The maximum absolute atomic E-state index is 13.7. The Morgan fingerprint density at radius 2 is 1.55 bits per heavy atom. The van der Waals surface area contributed by atoms with Crippen LogP contribution < -0.4 is 10.9 Å². The fraction of sp³-hybridized carbons (Fsp3) is 0.158. The fourth-order valence-electron chi connectivity index (χ4n) is 2.99. The molecule has 0 saturated carbocycles. The molecule has 0 unspecified atom stereocenters. The molecule has 29 heavy (non-hydrogen) atoms. The first-order valence-corrected chi connectivity index (χ1v) is 8.34. The van der Waals surface area contributed by atoms with E-state index in [2.05, 4.69) is 0 Å². The predicted molar refractivity (Wildman–Crippen MR) is 93.4 cm³/mol. The Morgan fingerprint density at radius 3 is 2.17 bits per heavy atom. The quantitative estimate of drug-likeness (QED) is 0.348. The number of nitrogens with zero attached hydrogens (tertiary/aromatic N) is 1. The van der Waals surface area contributed by atoms with Crippen molar-refractivity contribution in [2.75, 3.05) is 5.43 Å². The van der Waals surface area contributed by atoms with Crippen LogP contribution >= 0.6 is 0 Å². The van der Waals surface area contributed by atoms with Crippen molar-refractivity contribution in [3.63, 3.8) is 0 Å². The van der Waals surface area contributed by atoms with Gasteiger partial charge in [-0.05, 0) is 17.2 Å². The normalized spacial score (nSPS) is 15.1. The van der Waals surface area contributed by atoms with E-state index in [0.717, 1.165) is 5.56 Å². The van der Waals surface area contributed by atoms with E-state index in [4.69, 9.17) is 0 Å². The maximum Gasteiger partial charge on any atom is 0.240 e. The average Bonchev–Trinajstić information content (AvgIpc) is 2.70. The Kier molecular flexibility index (Phi) is 5.53. The van der Waals surface area contributed by atoms with Gasteiger partial charge < -0.3 is 4.90 Å². The fourth-order valence-corrected chi connectivity index (χ4v) is 2.99. The highest BCUT2D eigenvalue weighted by Crippen LogP contribution is 2.33. The van der Waals surface area contributed by atoms with E-state index in [1.165, 1.54) is 18.0 Å². The first-order valence-electron chi connectivity index (χ1n) is 8.34. The Labute approximate surface area is 161 Å². The van der Waals surface area contributed by atoms with Gasteiger partial charge in [-0.3, -0.25) is 20.4 Å². The minimum absolute atomic E-state index is 0.330. The monoisotopic (exact) mass is 411 g/mol. The molecular weight excluding hydrogens is 397 g/mol. The average molecular weight is 411 g/mol. The molecule has 2 aromatic carbocycles. The number of rotatable bonds is 4. The van der Waals surface area contributed by atoms with Gasteiger partial charge in [0.25, 0.3) is 0 Å². The number of hydrogen-bond acceptors (Lipinski definition) is 3. The molecule has 2 N–H and O–H groups in total. The number of hydrazine groups is 1. The second-order valence-electron chi connectivity index (χ2n) is 6.21. The summed E-state index contributed by atoms with van der Waals surface area (Å²) in [6, 6.07) is 6.26. The summed E-state index contributed by atoms with van der Waals surface area (Å²) in [6.07, 6.45) is 2.86. The molecule has 1 aliphatic rings. The summed E-state index contributed by atoms with van der Waals surface area (Å²) in [4.78, 5) is 25.5. The van der Waals surface area contributed by atoms with Crippen LogP contribution in [0.1, 0.15) is 30.5 Å². The lowest BCUT2D eigenvalue weighted by atomic mass is 9.93. The number of carbonyl (C=O) groups is 2. The van der Waals surface area contributed by atoms with Gasteiger partial charge in [-0.15, -0.1) is 0 Å². The van der Waals surface area contributed by atoms with Crippen LogP contribution in [-0.2, 0) is 9.59 Å². The second kappa shape index (κ2) is 7.90. The van der Waals surface area contributed by atoms with Crippen molar-refractivity contribution < 1.29 is 31.5 Å². The summed E-state index contributed by atoms with van der Waals surface area (Å²) in [6.45, 7) is 1.30. The van der Waals surface area contributed by atoms with Crippen molar-refractivity contribution in [3.05, 3.63) is 70.7 Å². The Hall–Kier alpha value is -3.43. The highest BCUT2D eigenvalue weighted by atomic mass is 19.2. The van der Waals surface area contributed by atoms with Crippen molar-refractivity contribution in [1.82, 2.24) is 10.3 Å². The molecule has 0 aliphatic carbocycles. The van der Waals surface area contributed by atoms with E-state index >= 15 is 0 Å². The largest absolute Gasteiger partial charge is 0.311 e. The molecule has 1 atom stereocenters. The van der Waals surface area contributed by atoms with Gasteiger partial charge in [0.2, 0.25) is 17.6 Å². The first-order chi connectivity index (χ1) is 13.7. The second-order valence-corrected chi connectivity index (χ2v) is 6.21.